The molecule has 2 heterocycles. The van der Waals surface area contributed by atoms with Crippen LogP contribution in [0.3, 0.4) is 0 Å². The van der Waals surface area contributed by atoms with Crippen LogP contribution in [0.2, 0.25) is 0 Å². The number of hydrogen-bond donors (Lipinski definition) is 2. The number of thiazole rings is 1. The lowest BCUT2D eigenvalue weighted by Crippen LogP contribution is -2.38. The third kappa shape index (κ3) is 6.20. The topological polar surface area (TPSA) is 52.6 Å². The van der Waals surface area contributed by atoms with Crippen molar-refractivity contribution in [1.82, 2.24) is 20.5 Å². The first-order valence-corrected chi connectivity index (χ1v) is 9.18. The molecule has 23 heavy (non-hydrogen) atoms. The van der Waals surface area contributed by atoms with Gasteiger partial charge in [-0.15, -0.1) is 17.8 Å². The number of likely N-dealkylation sites (tertiary alicyclic amines) is 1. The lowest BCUT2D eigenvalue weighted by atomic mass is 9.97. The summed E-state index contributed by atoms with van der Waals surface area (Å²) in [5.74, 6) is 4.06. The van der Waals surface area contributed by atoms with E-state index in [9.17, 15) is 0 Å². The van der Waals surface area contributed by atoms with Crippen molar-refractivity contribution in [3.63, 3.8) is 0 Å². The van der Waals surface area contributed by atoms with E-state index >= 15 is 0 Å². The largest absolute Gasteiger partial charge is 0.357 e. The highest BCUT2D eigenvalue weighted by atomic mass is 32.1. The summed E-state index contributed by atoms with van der Waals surface area (Å²) >= 11 is 1.73. The average molecular weight is 334 g/mol. The minimum absolute atomic E-state index is 0.511. The smallest absolute Gasteiger partial charge is 0.192 e. The molecular formula is C17H27N5S. The van der Waals surface area contributed by atoms with Crippen LogP contribution in [-0.4, -0.2) is 48.6 Å². The maximum Gasteiger partial charge on any atom is 0.192 e. The van der Waals surface area contributed by atoms with Crippen molar-refractivity contribution in [2.24, 2.45) is 10.9 Å². The Labute approximate surface area is 143 Å². The molecule has 1 saturated heterocycles. The zero-order valence-electron chi connectivity index (χ0n) is 14.1. The zero-order valence-corrected chi connectivity index (χ0v) is 15.0. The summed E-state index contributed by atoms with van der Waals surface area (Å²) in [5.41, 5.74) is 1.21. The van der Waals surface area contributed by atoms with Crippen LogP contribution in [0.1, 0.15) is 30.5 Å². The van der Waals surface area contributed by atoms with Crippen LogP contribution in [0.4, 0.5) is 0 Å². The van der Waals surface area contributed by atoms with E-state index in [4.69, 9.17) is 6.42 Å². The SMILES string of the molecule is C#CCNC(=NCC1CCN(Cc2csc(C)n2)CC1)NCC. The van der Waals surface area contributed by atoms with Gasteiger partial charge in [-0.2, -0.15) is 0 Å². The molecule has 1 aromatic heterocycles. The van der Waals surface area contributed by atoms with Crippen molar-refractivity contribution in [2.45, 2.75) is 33.2 Å². The number of aromatic nitrogens is 1. The third-order valence-electron chi connectivity index (χ3n) is 3.97. The van der Waals surface area contributed by atoms with Crippen LogP contribution in [0.5, 0.6) is 0 Å². The predicted molar refractivity (Wildman–Crippen MR) is 97.7 cm³/mol. The Balaban J connectivity index is 1.74. The molecule has 0 saturated carbocycles. The van der Waals surface area contributed by atoms with Gasteiger partial charge in [0.25, 0.3) is 0 Å². The molecule has 1 aliphatic rings. The molecule has 0 atom stereocenters. The zero-order chi connectivity index (χ0) is 16.5. The second-order valence-electron chi connectivity index (χ2n) is 5.85. The lowest BCUT2D eigenvalue weighted by Gasteiger charge is -2.30. The fraction of sp³-hybridized carbons (Fsp3) is 0.647. The van der Waals surface area contributed by atoms with E-state index in [0.29, 0.717) is 12.5 Å². The molecule has 1 aromatic rings. The second kappa shape index (κ2) is 9.53. The summed E-state index contributed by atoms with van der Waals surface area (Å²) in [6.07, 6.45) is 7.68. The molecule has 0 amide bonds. The molecule has 1 fully saturated rings. The first-order chi connectivity index (χ1) is 11.2. The Morgan fingerprint density at radius 1 is 1.48 bits per heavy atom. The van der Waals surface area contributed by atoms with Crippen molar-refractivity contribution in [1.29, 1.82) is 0 Å². The van der Waals surface area contributed by atoms with Crippen molar-refractivity contribution in [3.8, 4) is 12.3 Å². The van der Waals surface area contributed by atoms with Crippen LogP contribution in [0, 0.1) is 25.2 Å². The number of nitrogens with one attached hydrogen (secondary N) is 2. The number of hydrogen-bond acceptors (Lipinski definition) is 4. The maximum atomic E-state index is 5.29. The van der Waals surface area contributed by atoms with Gasteiger partial charge >= 0.3 is 0 Å². The number of aryl methyl sites for hydroxylation is 1. The standard InChI is InChI=1S/C17H27N5S/c1-4-8-19-17(18-5-2)20-11-15-6-9-22(10-7-15)12-16-13-23-14(3)21-16/h1,13,15H,5-12H2,2-3H3,(H2,18,19,20). The van der Waals surface area contributed by atoms with Crippen molar-refractivity contribution < 1.29 is 0 Å². The van der Waals surface area contributed by atoms with Crippen molar-refractivity contribution in [2.75, 3.05) is 32.7 Å². The van der Waals surface area contributed by atoms with Crippen molar-refractivity contribution >= 4 is 17.3 Å². The normalized spacial score (nSPS) is 17.0. The molecule has 0 bridgehead atoms. The van der Waals surface area contributed by atoms with Gasteiger partial charge in [0.2, 0.25) is 0 Å². The van der Waals surface area contributed by atoms with Crippen LogP contribution >= 0.6 is 11.3 Å². The van der Waals surface area contributed by atoms with E-state index in [-0.39, 0.29) is 0 Å². The molecular weight excluding hydrogens is 306 g/mol. The Bertz CT molecular complexity index is 537. The van der Waals surface area contributed by atoms with Crippen LogP contribution < -0.4 is 10.6 Å². The minimum atomic E-state index is 0.511. The number of rotatable bonds is 6. The van der Waals surface area contributed by atoms with Crippen LogP contribution in [0.25, 0.3) is 0 Å². The van der Waals surface area contributed by atoms with Gasteiger partial charge in [-0.1, -0.05) is 5.92 Å². The fourth-order valence-corrected chi connectivity index (χ4v) is 3.34. The molecule has 2 N–H and O–H groups in total. The van der Waals surface area contributed by atoms with E-state index < -0.39 is 0 Å². The Morgan fingerprint density at radius 2 is 2.26 bits per heavy atom. The molecule has 2 rings (SSSR count). The van der Waals surface area contributed by atoms with Crippen molar-refractivity contribution in [3.05, 3.63) is 16.1 Å². The van der Waals surface area contributed by atoms with Gasteiger partial charge in [0, 0.05) is 25.0 Å². The van der Waals surface area contributed by atoms with Gasteiger partial charge in [-0.05, 0) is 45.7 Å². The molecule has 126 valence electrons. The Morgan fingerprint density at radius 3 is 2.87 bits per heavy atom. The van der Waals surface area contributed by atoms with E-state index in [1.807, 2.05) is 0 Å². The summed E-state index contributed by atoms with van der Waals surface area (Å²) < 4.78 is 0. The number of aliphatic imine (C=N–C) groups is 1. The number of nitrogens with zero attached hydrogens (tertiary/aromatic N) is 3. The Hall–Kier alpha value is -1.58. The fourth-order valence-electron chi connectivity index (χ4n) is 2.73. The molecule has 0 radical (unpaired) electrons. The van der Waals surface area contributed by atoms with Gasteiger partial charge in [0.1, 0.15) is 0 Å². The molecule has 1 aliphatic heterocycles. The number of guanidine groups is 1. The summed E-state index contributed by atoms with van der Waals surface area (Å²) in [4.78, 5) is 11.7. The van der Waals surface area contributed by atoms with Gasteiger partial charge in [-0.25, -0.2) is 4.98 Å². The molecule has 6 heteroatoms. The van der Waals surface area contributed by atoms with E-state index in [1.165, 1.54) is 18.5 Å². The monoisotopic (exact) mass is 333 g/mol. The summed E-state index contributed by atoms with van der Waals surface area (Å²) in [7, 11) is 0. The summed E-state index contributed by atoms with van der Waals surface area (Å²) in [5, 5.41) is 9.69. The number of terminal acetylenes is 1. The first-order valence-electron chi connectivity index (χ1n) is 8.30. The molecule has 5 nitrogen and oxygen atoms in total. The number of piperidine rings is 1. The quantitative estimate of drug-likeness (QED) is 0.474. The lowest BCUT2D eigenvalue weighted by molar-refractivity contribution is 0.179. The highest BCUT2D eigenvalue weighted by Crippen LogP contribution is 2.20. The van der Waals surface area contributed by atoms with E-state index in [0.717, 1.165) is 43.7 Å². The van der Waals surface area contributed by atoms with E-state index in [2.05, 4.69) is 50.7 Å². The predicted octanol–water partition coefficient (Wildman–Crippen LogP) is 1.85. The second-order valence-corrected chi connectivity index (χ2v) is 6.92. The molecule has 0 spiro atoms. The van der Waals surface area contributed by atoms with E-state index in [1.54, 1.807) is 11.3 Å². The van der Waals surface area contributed by atoms with Gasteiger partial charge < -0.3 is 10.6 Å². The van der Waals surface area contributed by atoms with Gasteiger partial charge in [-0.3, -0.25) is 9.89 Å². The summed E-state index contributed by atoms with van der Waals surface area (Å²) in [6.45, 7) is 9.59. The minimum Gasteiger partial charge on any atom is -0.357 e. The summed E-state index contributed by atoms with van der Waals surface area (Å²) in [6, 6.07) is 0. The Kier molecular flexibility index (Phi) is 7.37. The first kappa shape index (κ1) is 17.8. The average Bonchev–Trinajstić information content (AvgIpc) is 2.96. The van der Waals surface area contributed by atoms with Crippen LogP contribution in [-0.2, 0) is 6.54 Å². The van der Waals surface area contributed by atoms with Gasteiger partial charge in [0.15, 0.2) is 5.96 Å². The highest BCUT2D eigenvalue weighted by molar-refractivity contribution is 7.09. The third-order valence-corrected chi connectivity index (χ3v) is 4.79. The van der Waals surface area contributed by atoms with Gasteiger partial charge in [0.05, 0.1) is 17.2 Å². The van der Waals surface area contributed by atoms with Crippen LogP contribution in [0.15, 0.2) is 10.4 Å². The molecule has 0 aliphatic carbocycles. The molecule has 0 aromatic carbocycles. The highest BCUT2D eigenvalue weighted by Gasteiger charge is 2.19. The molecule has 0 unspecified atom stereocenters. The maximum absolute atomic E-state index is 5.29.